The summed E-state index contributed by atoms with van der Waals surface area (Å²) in [6.07, 6.45) is 0. The maximum Gasteiger partial charge on any atom is 0.160 e. The molecule has 0 unspecified atom stereocenters. The normalized spacial score (nSPS) is 13.1. The molecule has 0 saturated heterocycles. The van der Waals surface area contributed by atoms with Gasteiger partial charge in [0, 0.05) is 22.0 Å². The standard InChI is InChI=1S/C36H28N2Si/c1-39(2)32-24-14-13-23-31(32)33-34(29-21-11-9-19-27(29)25-15-5-3-6-16-25)37-35(38-36(33)39)30-22-12-10-20-28(30)26-17-7-4-8-18-26/h3-24H,1-2H3. The first-order chi connectivity index (χ1) is 19.1. The van der Waals surface area contributed by atoms with Crippen LogP contribution in [0.1, 0.15) is 0 Å². The van der Waals surface area contributed by atoms with Crippen LogP contribution in [0.25, 0.3) is 56.0 Å². The molecule has 0 aliphatic carbocycles. The highest BCUT2D eigenvalue weighted by atomic mass is 28.3. The Kier molecular flexibility index (Phi) is 5.61. The molecule has 39 heavy (non-hydrogen) atoms. The van der Waals surface area contributed by atoms with Crippen molar-refractivity contribution >= 4 is 18.6 Å². The average Bonchev–Trinajstić information content (AvgIpc) is 3.24. The molecule has 0 saturated carbocycles. The van der Waals surface area contributed by atoms with Gasteiger partial charge >= 0.3 is 0 Å². The van der Waals surface area contributed by atoms with Gasteiger partial charge in [0.15, 0.2) is 5.82 Å². The van der Waals surface area contributed by atoms with Crippen molar-refractivity contribution in [1.29, 1.82) is 0 Å². The third-order valence-corrected chi connectivity index (χ3v) is 11.2. The zero-order valence-corrected chi connectivity index (χ0v) is 23.1. The van der Waals surface area contributed by atoms with Gasteiger partial charge in [-0.2, -0.15) is 0 Å². The largest absolute Gasteiger partial charge is 0.237 e. The minimum absolute atomic E-state index is 0.791. The van der Waals surface area contributed by atoms with Gasteiger partial charge in [0.05, 0.1) is 5.69 Å². The van der Waals surface area contributed by atoms with Crippen molar-refractivity contribution in [3.63, 3.8) is 0 Å². The van der Waals surface area contributed by atoms with Crippen molar-refractivity contribution in [1.82, 2.24) is 9.97 Å². The molecule has 0 bridgehead atoms. The van der Waals surface area contributed by atoms with Crippen LogP contribution in [0.2, 0.25) is 13.1 Å². The molecule has 2 nitrogen and oxygen atoms in total. The Hall–Kier alpha value is -4.60. The molecule has 1 aliphatic rings. The van der Waals surface area contributed by atoms with E-state index in [0.29, 0.717) is 0 Å². The Morgan fingerprint density at radius 1 is 0.436 bits per heavy atom. The van der Waals surface area contributed by atoms with Crippen LogP contribution in [-0.2, 0) is 0 Å². The Bertz CT molecular complexity index is 1830. The number of nitrogens with zero attached hydrogens (tertiary/aromatic N) is 2. The maximum absolute atomic E-state index is 5.43. The first-order valence-corrected chi connectivity index (χ1v) is 16.4. The van der Waals surface area contributed by atoms with Crippen LogP contribution in [0.3, 0.4) is 0 Å². The van der Waals surface area contributed by atoms with E-state index in [1.807, 2.05) is 0 Å². The summed E-state index contributed by atoms with van der Waals surface area (Å²) < 4.78 is 0. The maximum atomic E-state index is 5.43. The van der Waals surface area contributed by atoms with E-state index in [0.717, 1.165) is 28.2 Å². The number of benzene rings is 5. The summed E-state index contributed by atoms with van der Waals surface area (Å²) in [5.74, 6) is 0.791. The van der Waals surface area contributed by atoms with Gasteiger partial charge in [-0.15, -0.1) is 0 Å². The molecular formula is C36H28N2Si. The molecular weight excluding hydrogens is 488 g/mol. The van der Waals surface area contributed by atoms with Crippen LogP contribution in [0.15, 0.2) is 133 Å². The van der Waals surface area contributed by atoms with Gasteiger partial charge in [-0.25, -0.2) is 9.97 Å². The Morgan fingerprint density at radius 2 is 0.897 bits per heavy atom. The van der Waals surface area contributed by atoms with Crippen molar-refractivity contribution in [2.75, 3.05) is 0 Å². The smallest absolute Gasteiger partial charge is 0.160 e. The van der Waals surface area contributed by atoms with Gasteiger partial charge in [0.2, 0.25) is 0 Å². The summed E-state index contributed by atoms with van der Waals surface area (Å²) in [6.45, 7) is 4.84. The van der Waals surface area contributed by atoms with Crippen molar-refractivity contribution < 1.29 is 0 Å². The molecule has 0 amide bonds. The fraction of sp³-hybridized carbons (Fsp3) is 0.0556. The van der Waals surface area contributed by atoms with Gasteiger partial charge in [-0.3, -0.25) is 0 Å². The zero-order valence-electron chi connectivity index (χ0n) is 22.1. The molecule has 0 spiro atoms. The van der Waals surface area contributed by atoms with Crippen molar-refractivity contribution in [2.45, 2.75) is 13.1 Å². The molecule has 5 aromatic carbocycles. The molecule has 6 aromatic rings. The summed E-state index contributed by atoms with van der Waals surface area (Å²) in [5.41, 5.74) is 10.4. The number of fused-ring (bicyclic) bond motifs is 3. The fourth-order valence-electron chi connectivity index (χ4n) is 5.96. The molecule has 0 radical (unpaired) electrons. The zero-order chi connectivity index (χ0) is 26.4. The summed E-state index contributed by atoms with van der Waals surface area (Å²) in [5, 5.41) is 2.65. The minimum Gasteiger partial charge on any atom is -0.237 e. The highest BCUT2D eigenvalue weighted by Crippen LogP contribution is 2.41. The van der Waals surface area contributed by atoms with Crippen LogP contribution in [-0.4, -0.2) is 18.0 Å². The summed E-state index contributed by atoms with van der Waals surface area (Å²) in [4.78, 5) is 10.8. The van der Waals surface area contributed by atoms with Gasteiger partial charge in [-0.1, -0.05) is 147 Å². The Morgan fingerprint density at radius 3 is 1.51 bits per heavy atom. The predicted octanol–water partition coefficient (Wildman–Crippen LogP) is 7.95. The average molecular weight is 517 g/mol. The Labute approximate surface area is 230 Å². The lowest BCUT2D eigenvalue weighted by Gasteiger charge is -2.20. The highest BCUT2D eigenvalue weighted by molar-refractivity contribution is 7.03. The SMILES string of the molecule is C[Si]1(C)c2ccccc2-c2c(-c3ccccc3-c3ccccc3)nc(-c3ccccc3-c3ccccc3)nc21. The van der Waals surface area contributed by atoms with E-state index in [9.17, 15) is 0 Å². The van der Waals surface area contributed by atoms with E-state index in [-0.39, 0.29) is 0 Å². The molecule has 1 aliphatic heterocycles. The topological polar surface area (TPSA) is 25.8 Å². The highest BCUT2D eigenvalue weighted by Gasteiger charge is 2.41. The van der Waals surface area contributed by atoms with E-state index < -0.39 is 8.07 Å². The van der Waals surface area contributed by atoms with Crippen LogP contribution in [0.5, 0.6) is 0 Å². The first kappa shape index (κ1) is 23.5. The van der Waals surface area contributed by atoms with E-state index in [4.69, 9.17) is 9.97 Å². The van der Waals surface area contributed by atoms with Gasteiger partial charge in [0.1, 0.15) is 8.07 Å². The fourth-order valence-corrected chi connectivity index (χ4v) is 8.88. The minimum atomic E-state index is -2.05. The number of hydrogen-bond donors (Lipinski definition) is 0. The summed E-state index contributed by atoms with van der Waals surface area (Å²) in [6, 6.07) is 47.2. The summed E-state index contributed by atoms with van der Waals surface area (Å²) in [7, 11) is -2.05. The molecule has 2 heterocycles. The second-order valence-corrected chi connectivity index (χ2v) is 14.9. The lowest BCUT2D eigenvalue weighted by Crippen LogP contribution is -2.50. The third kappa shape index (κ3) is 3.86. The van der Waals surface area contributed by atoms with Crippen molar-refractivity contribution in [3.05, 3.63) is 133 Å². The van der Waals surface area contributed by atoms with Gasteiger partial charge < -0.3 is 0 Å². The van der Waals surface area contributed by atoms with E-state index in [1.165, 1.54) is 38.3 Å². The molecule has 0 fully saturated rings. The van der Waals surface area contributed by atoms with E-state index in [1.54, 1.807) is 0 Å². The molecule has 186 valence electrons. The number of rotatable bonds is 4. The van der Waals surface area contributed by atoms with E-state index in [2.05, 4.69) is 147 Å². The lowest BCUT2D eigenvalue weighted by molar-refractivity contribution is 1.21. The molecule has 1 aromatic heterocycles. The monoisotopic (exact) mass is 516 g/mol. The first-order valence-electron chi connectivity index (χ1n) is 13.4. The quantitative estimate of drug-likeness (QED) is 0.222. The molecule has 0 N–H and O–H groups in total. The van der Waals surface area contributed by atoms with Gasteiger partial charge in [-0.05, 0) is 33.0 Å². The van der Waals surface area contributed by atoms with Crippen LogP contribution < -0.4 is 10.5 Å². The van der Waals surface area contributed by atoms with Crippen molar-refractivity contribution in [3.8, 4) is 56.0 Å². The van der Waals surface area contributed by atoms with Crippen molar-refractivity contribution in [2.24, 2.45) is 0 Å². The van der Waals surface area contributed by atoms with Crippen LogP contribution >= 0.6 is 0 Å². The second-order valence-electron chi connectivity index (χ2n) is 10.6. The Balaban J connectivity index is 1.56. The molecule has 7 rings (SSSR count). The van der Waals surface area contributed by atoms with Crippen LogP contribution in [0, 0.1) is 0 Å². The number of aromatic nitrogens is 2. The summed E-state index contributed by atoms with van der Waals surface area (Å²) >= 11 is 0. The number of hydrogen-bond acceptors (Lipinski definition) is 2. The van der Waals surface area contributed by atoms with Gasteiger partial charge in [0.25, 0.3) is 0 Å². The van der Waals surface area contributed by atoms with Crippen LogP contribution in [0.4, 0.5) is 0 Å². The lowest BCUT2D eigenvalue weighted by atomic mass is 9.93. The predicted molar refractivity (Wildman–Crippen MR) is 166 cm³/mol. The molecule has 3 heteroatoms. The van der Waals surface area contributed by atoms with E-state index >= 15 is 0 Å². The second kappa shape index (κ2) is 9.30. The third-order valence-electron chi connectivity index (χ3n) is 7.89. The molecule has 0 atom stereocenters.